The first-order valence-corrected chi connectivity index (χ1v) is 8.45. The fraction of sp³-hybridized carbons (Fsp3) is 0.130. The Balaban J connectivity index is 2.27. The molecule has 24 heavy (non-hydrogen) atoms. The molecule has 0 fully saturated rings. The molecule has 4 aromatic carbocycles. The van der Waals surface area contributed by atoms with Crippen LogP contribution in [0.3, 0.4) is 0 Å². The molecule has 116 valence electrons. The van der Waals surface area contributed by atoms with Crippen molar-refractivity contribution < 1.29 is 0 Å². The molecule has 0 spiro atoms. The van der Waals surface area contributed by atoms with Crippen LogP contribution in [0, 0.1) is 13.8 Å². The molecule has 1 nitrogen and oxygen atoms in total. The van der Waals surface area contributed by atoms with Crippen molar-refractivity contribution in [3.8, 4) is 0 Å². The van der Waals surface area contributed by atoms with Gasteiger partial charge in [0.15, 0.2) is 0 Å². The molecule has 0 amide bonds. The van der Waals surface area contributed by atoms with Crippen LogP contribution < -0.4 is 0 Å². The van der Waals surface area contributed by atoms with Gasteiger partial charge in [-0.1, -0.05) is 54.6 Å². The molecule has 0 N–H and O–H groups in total. The molecule has 0 aliphatic rings. The zero-order valence-electron chi connectivity index (χ0n) is 14.2. The third-order valence-corrected chi connectivity index (χ3v) is 5.31. The largest absolute Gasteiger partial charge is 0.343 e. The first-order valence-electron chi connectivity index (χ1n) is 8.45. The first-order chi connectivity index (χ1) is 11.7. The standard InChI is InChI=1S/C23H19N/c1-14-12-15(2)21-20(13-14)24(3)23-19-11-7-5-9-17(19)16-8-4-6-10-18(16)22(21)23/h4-13H,1-3H3. The lowest BCUT2D eigenvalue weighted by Crippen LogP contribution is -1.89. The second-order valence-electron chi connectivity index (χ2n) is 6.85. The third-order valence-electron chi connectivity index (χ3n) is 5.31. The van der Waals surface area contributed by atoms with E-state index in [4.69, 9.17) is 0 Å². The highest BCUT2D eigenvalue weighted by molar-refractivity contribution is 6.32. The van der Waals surface area contributed by atoms with Crippen LogP contribution in [0.4, 0.5) is 0 Å². The van der Waals surface area contributed by atoms with E-state index in [9.17, 15) is 0 Å². The first kappa shape index (κ1) is 13.6. The molecular formula is C23H19N. The van der Waals surface area contributed by atoms with Gasteiger partial charge in [0.25, 0.3) is 0 Å². The quantitative estimate of drug-likeness (QED) is 0.298. The van der Waals surface area contributed by atoms with Crippen molar-refractivity contribution >= 4 is 43.4 Å². The predicted octanol–water partition coefficient (Wildman–Crippen LogP) is 6.25. The Morgan fingerprint density at radius 1 is 0.667 bits per heavy atom. The molecule has 0 atom stereocenters. The summed E-state index contributed by atoms with van der Waals surface area (Å²) < 4.78 is 2.37. The second-order valence-corrected chi connectivity index (χ2v) is 6.85. The van der Waals surface area contributed by atoms with Crippen molar-refractivity contribution in [2.45, 2.75) is 13.8 Å². The van der Waals surface area contributed by atoms with Crippen molar-refractivity contribution in [1.29, 1.82) is 0 Å². The van der Waals surface area contributed by atoms with E-state index in [1.54, 1.807) is 0 Å². The summed E-state index contributed by atoms with van der Waals surface area (Å²) in [6, 6.07) is 22.2. The Kier molecular flexibility index (Phi) is 2.62. The van der Waals surface area contributed by atoms with Crippen LogP contribution >= 0.6 is 0 Å². The maximum Gasteiger partial charge on any atom is 0.0575 e. The summed E-state index contributed by atoms with van der Waals surface area (Å²) in [7, 11) is 2.20. The highest BCUT2D eigenvalue weighted by atomic mass is 14.9. The van der Waals surface area contributed by atoms with Crippen molar-refractivity contribution in [2.24, 2.45) is 7.05 Å². The summed E-state index contributed by atoms with van der Waals surface area (Å²) in [4.78, 5) is 0. The van der Waals surface area contributed by atoms with Crippen molar-refractivity contribution in [3.05, 3.63) is 71.8 Å². The van der Waals surface area contributed by atoms with Crippen LogP contribution in [-0.4, -0.2) is 4.57 Å². The van der Waals surface area contributed by atoms with Gasteiger partial charge in [0.05, 0.1) is 5.52 Å². The molecule has 0 radical (unpaired) electrons. The summed E-state index contributed by atoms with van der Waals surface area (Å²) in [5, 5.41) is 8.14. The molecule has 0 aliphatic carbocycles. The van der Waals surface area contributed by atoms with Crippen LogP contribution in [-0.2, 0) is 7.05 Å². The SMILES string of the molecule is Cc1cc(C)c2c3c4ccccc4c4ccccc4c3n(C)c2c1. The van der Waals surface area contributed by atoms with E-state index in [0.717, 1.165) is 0 Å². The van der Waals surface area contributed by atoms with E-state index >= 15 is 0 Å². The van der Waals surface area contributed by atoms with Gasteiger partial charge in [-0.25, -0.2) is 0 Å². The average Bonchev–Trinajstić information content (AvgIpc) is 2.89. The Hall–Kier alpha value is -2.80. The van der Waals surface area contributed by atoms with E-state index in [1.165, 1.54) is 54.5 Å². The Bertz CT molecular complexity index is 1270. The lowest BCUT2D eigenvalue weighted by atomic mass is 9.95. The predicted molar refractivity (Wildman–Crippen MR) is 105 cm³/mol. The summed E-state index contributed by atoms with van der Waals surface area (Å²) in [5.41, 5.74) is 5.34. The van der Waals surface area contributed by atoms with E-state index in [-0.39, 0.29) is 0 Å². The number of benzene rings is 4. The summed E-state index contributed by atoms with van der Waals surface area (Å²) in [5.74, 6) is 0. The minimum atomic E-state index is 1.32. The minimum Gasteiger partial charge on any atom is -0.343 e. The maximum absolute atomic E-state index is 2.37. The summed E-state index contributed by atoms with van der Waals surface area (Å²) >= 11 is 0. The molecule has 0 saturated carbocycles. The van der Waals surface area contributed by atoms with Crippen LogP contribution in [0.5, 0.6) is 0 Å². The van der Waals surface area contributed by atoms with Gasteiger partial charge in [-0.2, -0.15) is 0 Å². The Morgan fingerprint density at radius 2 is 1.25 bits per heavy atom. The van der Waals surface area contributed by atoms with Gasteiger partial charge in [-0.15, -0.1) is 0 Å². The molecule has 5 rings (SSSR count). The van der Waals surface area contributed by atoms with Crippen molar-refractivity contribution in [3.63, 3.8) is 0 Å². The number of aryl methyl sites for hydroxylation is 3. The maximum atomic E-state index is 2.37. The molecule has 1 aromatic heterocycles. The zero-order valence-corrected chi connectivity index (χ0v) is 14.2. The fourth-order valence-electron chi connectivity index (χ4n) is 4.38. The van der Waals surface area contributed by atoms with Gasteiger partial charge in [0, 0.05) is 28.7 Å². The van der Waals surface area contributed by atoms with Gasteiger partial charge in [0.2, 0.25) is 0 Å². The number of hydrogen-bond acceptors (Lipinski definition) is 0. The smallest absolute Gasteiger partial charge is 0.0575 e. The van der Waals surface area contributed by atoms with Gasteiger partial charge >= 0.3 is 0 Å². The van der Waals surface area contributed by atoms with E-state index in [2.05, 4.69) is 86.1 Å². The van der Waals surface area contributed by atoms with Gasteiger partial charge < -0.3 is 4.57 Å². The topological polar surface area (TPSA) is 4.93 Å². The van der Waals surface area contributed by atoms with Crippen LogP contribution in [0.25, 0.3) is 43.4 Å². The highest BCUT2D eigenvalue weighted by Crippen LogP contribution is 2.41. The fourth-order valence-corrected chi connectivity index (χ4v) is 4.38. The molecule has 0 saturated heterocycles. The van der Waals surface area contributed by atoms with Gasteiger partial charge in [-0.05, 0) is 47.2 Å². The average molecular weight is 309 g/mol. The molecular weight excluding hydrogens is 290 g/mol. The summed E-state index contributed by atoms with van der Waals surface area (Å²) in [6.07, 6.45) is 0. The van der Waals surface area contributed by atoms with Crippen molar-refractivity contribution in [2.75, 3.05) is 0 Å². The van der Waals surface area contributed by atoms with Crippen molar-refractivity contribution in [1.82, 2.24) is 4.57 Å². The summed E-state index contributed by atoms with van der Waals surface area (Å²) in [6.45, 7) is 4.42. The number of hydrogen-bond donors (Lipinski definition) is 0. The van der Waals surface area contributed by atoms with Crippen LogP contribution in [0.2, 0.25) is 0 Å². The molecule has 0 unspecified atom stereocenters. The number of fused-ring (bicyclic) bond motifs is 8. The van der Waals surface area contributed by atoms with Gasteiger partial charge in [-0.3, -0.25) is 0 Å². The van der Waals surface area contributed by atoms with Gasteiger partial charge in [0.1, 0.15) is 0 Å². The number of nitrogens with zero attached hydrogens (tertiary/aromatic N) is 1. The number of rotatable bonds is 0. The third kappa shape index (κ3) is 1.59. The Morgan fingerprint density at radius 3 is 1.96 bits per heavy atom. The molecule has 0 bridgehead atoms. The molecule has 0 aliphatic heterocycles. The van der Waals surface area contributed by atoms with E-state index in [1.807, 2.05) is 0 Å². The van der Waals surface area contributed by atoms with E-state index in [0.29, 0.717) is 0 Å². The Labute approximate surface area is 141 Å². The molecule has 5 aromatic rings. The van der Waals surface area contributed by atoms with E-state index < -0.39 is 0 Å². The second kappa shape index (κ2) is 4.61. The lowest BCUT2D eigenvalue weighted by molar-refractivity contribution is 1.02. The molecule has 1 heteroatoms. The van der Waals surface area contributed by atoms with Crippen LogP contribution in [0.1, 0.15) is 11.1 Å². The highest BCUT2D eigenvalue weighted by Gasteiger charge is 2.17. The normalized spacial score (nSPS) is 12.0. The number of aromatic nitrogens is 1. The monoisotopic (exact) mass is 309 g/mol. The van der Waals surface area contributed by atoms with Crippen LogP contribution in [0.15, 0.2) is 60.7 Å². The lowest BCUT2D eigenvalue weighted by Gasteiger charge is -2.09. The minimum absolute atomic E-state index is 1.32. The zero-order chi connectivity index (χ0) is 16.4. The molecule has 1 heterocycles.